The lowest BCUT2D eigenvalue weighted by Gasteiger charge is -2.25. The number of aliphatic hydroxyl groups excluding tert-OH is 1. The highest BCUT2D eigenvalue weighted by molar-refractivity contribution is 4.93. The minimum Gasteiger partial charge on any atom is -0.394 e. The van der Waals surface area contributed by atoms with Crippen LogP contribution >= 0.6 is 0 Å². The first kappa shape index (κ1) is 15.2. The first-order chi connectivity index (χ1) is 8.93. The third kappa shape index (κ3) is 3.65. The molecule has 0 aliphatic carbocycles. The lowest BCUT2D eigenvalue weighted by molar-refractivity contribution is -0.222. The maximum atomic E-state index is 9.34. The molecule has 6 heteroatoms. The Morgan fingerprint density at radius 3 is 2.63 bits per heavy atom. The molecule has 4 atom stereocenters. The molecule has 2 fully saturated rings. The van der Waals surface area contributed by atoms with E-state index in [1.165, 1.54) is 0 Å². The monoisotopic (exact) mass is 275 g/mol. The molecule has 0 aromatic rings. The van der Waals surface area contributed by atoms with Crippen molar-refractivity contribution in [2.24, 2.45) is 0 Å². The Morgan fingerprint density at radius 1 is 1.26 bits per heavy atom. The van der Waals surface area contributed by atoms with Gasteiger partial charge in [0.2, 0.25) is 0 Å². The summed E-state index contributed by atoms with van der Waals surface area (Å²) in [5, 5.41) is 9.34. The van der Waals surface area contributed by atoms with Gasteiger partial charge < -0.3 is 29.0 Å². The SMILES string of the molecule is CN(C)CCCO[C@@H]1[C@H]2OC(C)(C)O[C@H]2O[C@@H]1CO. The van der Waals surface area contributed by atoms with E-state index >= 15 is 0 Å². The smallest absolute Gasteiger partial charge is 0.190 e. The van der Waals surface area contributed by atoms with Gasteiger partial charge in [-0.05, 0) is 40.9 Å². The van der Waals surface area contributed by atoms with Gasteiger partial charge in [-0.1, -0.05) is 0 Å². The van der Waals surface area contributed by atoms with E-state index < -0.39 is 12.1 Å². The van der Waals surface area contributed by atoms with Gasteiger partial charge in [0.25, 0.3) is 0 Å². The lowest BCUT2D eigenvalue weighted by atomic mass is 10.1. The van der Waals surface area contributed by atoms with Gasteiger partial charge in [0.05, 0.1) is 6.61 Å². The average molecular weight is 275 g/mol. The Labute approximate surface area is 114 Å². The van der Waals surface area contributed by atoms with Gasteiger partial charge in [-0.25, -0.2) is 0 Å². The third-order valence-electron chi connectivity index (χ3n) is 3.33. The van der Waals surface area contributed by atoms with E-state index in [0.717, 1.165) is 13.0 Å². The summed E-state index contributed by atoms with van der Waals surface area (Å²) in [6.07, 6.45) is -0.398. The number of nitrogens with zero attached hydrogens (tertiary/aromatic N) is 1. The number of hydrogen-bond donors (Lipinski definition) is 1. The van der Waals surface area contributed by atoms with Crippen LogP contribution in [-0.4, -0.2) is 74.2 Å². The molecule has 2 heterocycles. The maximum Gasteiger partial charge on any atom is 0.190 e. The van der Waals surface area contributed by atoms with Crippen LogP contribution in [0.3, 0.4) is 0 Å². The lowest BCUT2D eigenvalue weighted by Crippen LogP contribution is -2.38. The van der Waals surface area contributed by atoms with Crippen LogP contribution in [0.1, 0.15) is 20.3 Å². The number of hydrogen-bond acceptors (Lipinski definition) is 6. The Morgan fingerprint density at radius 2 is 2.00 bits per heavy atom. The quantitative estimate of drug-likeness (QED) is 0.698. The fourth-order valence-corrected chi connectivity index (χ4v) is 2.50. The number of fused-ring (bicyclic) bond motifs is 1. The summed E-state index contributed by atoms with van der Waals surface area (Å²) in [6.45, 7) is 5.21. The molecular formula is C13H25NO5. The van der Waals surface area contributed by atoms with Crippen molar-refractivity contribution in [1.29, 1.82) is 0 Å². The predicted octanol–water partition coefficient (Wildman–Crippen LogP) is 0.192. The van der Waals surface area contributed by atoms with E-state index in [1.807, 2.05) is 27.9 Å². The van der Waals surface area contributed by atoms with Gasteiger partial charge in [-0.15, -0.1) is 0 Å². The fraction of sp³-hybridized carbons (Fsp3) is 1.00. The Hall–Kier alpha value is -0.240. The molecule has 6 nitrogen and oxygen atoms in total. The predicted molar refractivity (Wildman–Crippen MR) is 68.7 cm³/mol. The molecule has 0 spiro atoms. The summed E-state index contributed by atoms with van der Waals surface area (Å²) in [6, 6.07) is 0. The molecular weight excluding hydrogens is 250 g/mol. The molecule has 2 rings (SSSR count). The fourth-order valence-electron chi connectivity index (χ4n) is 2.50. The minimum absolute atomic E-state index is 0.0848. The molecule has 0 aromatic heterocycles. The molecule has 112 valence electrons. The second kappa shape index (κ2) is 6.03. The molecule has 1 N–H and O–H groups in total. The van der Waals surface area contributed by atoms with Crippen LogP contribution in [0.25, 0.3) is 0 Å². The highest BCUT2D eigenvalue weighted by atomic mass is 16.8. The largest absolute Gasteiger partial charge is 0.394 e. The Kier molecular flexibility index (Phi) is 4.81. The van der Waals surface area contributed by atoms with Gasteiger partial charge in [-0.2, -0.15) is 0 Å². The van der Waals surface area contributed by atoms with E-state index in [9.17, 15) is 5.11 Å². The van der Waals surface area contributed by atoms with Crippen molar-refractivity contribution in [1.82, 2.24) is 4.90 Å². The Balaban J connectivity index is 1.85. The third-order valence-corrected chi connectivity index (χ3v) is 3.33. The zero-order valence-electron chi connectivity index (χ0n) is 12.2. The Bertz CT molecular complexity index is 297. The van der Waals surface area contributed by atoms with Gasteiger partial charge in [0.1, 0.15) is 18.3 Å². The van der Waals surface area contributed by atoms with Crippen molar-refractivity contribution in [3.05, 3.63) is 0 Å². The average Bonchev–Trinajstić information content (AvgIpc) is 2.76. The first-order valence-corrected chi connectivity index (χ1v) is 6.81. The van der Waals surface area contributed by atoms with Crippen LogP contribution in [0.2, 0.25) is 0 Å². The van der Waals surface area contributed by atoms with Gasteiger partial charge in [0.15, 0.2) is 12.1 Å². The van der Waals surface area contributed by atoms with Gasteiger partial charge in [0, 0.05) is 6.61 Å². The molecule has 0 bridgehead atoms. The summed E-state index contributed by atoms with van der Waals surface area (Å²) in [5.74, 6) is -0.652. The van der Waals surface area contributed by atoms with Crippen LogP contribution in [0, 0.1) is 0 Å². The van der Waals surface area contributed by atoms with Crippen LogP contribution in [0.4, 0.5) is 0 Å². The highest BCUT2D eigenvalue weighted by Gasteiger charge is 2.55. The van der Waals surface area contributed by atoms with Crippen molar-refractivity contribution >= 4 is 0 Å². The van der Waals surface area contributed by atoms with Crippen molar-refractivity contribution in [2.45, 2.75) is 50.7 Å². The van der Waals surface area contributed by atoms with E-state index in [4.69, 9.17) is 18.9 Å². The molecule has 0 radical (unpaired) electrons. The van der Waals surface area contributed by atoms with Crippen molar-refractivity contribution in [3.63, 3.8) is 0 Å². The standard InChI is InChI=1S/C13H25NO5/c1-13(2)18-11-10(16-7-5-6-14(3)4)9(8-15)17-12(11)19-13/h9-12,15H,5-8H2,1-4H3/t9-,10+,11-,12-/m1/s1. The van der Waals surface area contributed by atoms with Crippen LogP contribution in [0.5, 0.6) is 0 Å². The van der Waals surface area contributed by atoms with Crippen molar-refractivity contribution < 1.29 is 24.1 Å². The summed E-state index contributed by atoms with van der Waals surface area (Å²) >= 11 is 0. The van der Waals surface area contributed by atoms with Crippen LogP contribution in [-0.2, 0) is 18.9 Å². The molecule has 2 aliphatic rings. The van der Waals surface area contributed by atoms with Gasteiger partial charge >= 0.3 is 0 Å². The molecule has 0 aromatic carbocycles. The molecule has 0 unspecified atom stereocenters. The van der Waals surface area contributed by atoms with Crippen molar-refractivity contribution in [2.75, 3.05) is 33.9 Å². The van der Waals surface area contributed by atoms with Crippen LogP contribution < -0.4 is 0 Å². The zero-order valence-corrected chi connectivity index (χ0v) is 12.2. The summed E-state index contributed by atoms with van der Waals surface area (Å²) in [4.78, 5) is 2.11. The molecule has 0 amide bonds. The number of aliphatic hydroxyl groups is 1. The van der Waals surface area contributed by atoms with Crippen LogP contribution in [0.15, 0.2) is 0 Å². The topological polar surface area (TPSA) is 60.4 Å². The zero-order chi connectivity index (χ0) is 14.0. The summed E-state index contributed by atoms with van der Waals surface area (Å²) in [7, 11) is 4.06. The van der Waals surface area contributed by atoms with E-state index in [-0.39, 0.29) is 24.9 Å². The summed E-state index contributed by atoms with van der Waals surface area (Å²) in [5.41, 5.74) is 0. The van der Waals surface area contributed by atoms with E-state index in [0.29, 0.717) is 6.61 Å². The molecule has 19 heavy (non-hydrogen) atoms. The second-order valence-electron chi connectivity index (χ2n) is 5.82. The molecule has 2 aliphatic heterocycles. The molecule has 2 saturated heterocycles. The normalized spacial score (nSPS) is 36.9. The first-order valence-electron chi connectivity index (χ1n) is 6.81. The van der Waals surface area contributed by atoms with E-state index in [1.54, 1.807) is 0 Å². The van der Waals surface area contributed by atoms with Gasteiger partial charge in [-0.3, -0.25) is 0 Å². The molecule has 0 saturated carbocycles. The number of ether oxygens (including phenoxy) is 4. The van der Waals surface area contributed by atoms with Crippen molar-refractivity contribution in [3.8, 4) is 0 Å². The highest BCUT2D eigenvalue weighted by Crippen LogP contribution is 2.38. The number of rotatable bonds is 6. The van der Waals surface area contributed by atoms with E-state index in [2.05, 4.69) is 4.90 Å². The minimum atomic E-state index is -0.652. The maximum absolute atomic E-state index is 9.34. The second-order valence-corrected chi connectivity index (χ2v) is 5.82. The summed E-state index contributed by atoms with van der Waals surface area (Å²) < 4.78 is 22.9.